The number of aromatic amines is 1. The van der Waals surface area contributed by atoms with E-state index in [1.165, 1.54) is 5.56 Å². The number of H-pyrrole nitrogens is 1. The highest BCUT2D eigenvalue weighted by Gasteiger charge is 2.12. The van der Waals surface area contributed by atoms with E-state index in [9.17, 15) is 0 Å². The molecule has 4 aromatic rings. The van der Waals surface area contributed by atoms with Gasteiger partial charge in [-0.1, -0.05) is 61.9 Å². The maximum atomic E-state index is 4.72. The molecule has 2 heterocycles. The number of nitrogens with zero attached hydrogens (tertiary/aromatic N) is 6. The topological polar surface area (TPSA) is 85.2 Å². The zero-order valence-electron chi connectivity index (χ0n) is 17.0. The number of hydrogen-bond donors (Lipinski definition) is 2. The van der Waals surface area contributed by atoms with Gasteiger partial charge in [0.05, 0.1) is 6.54 Å². The Kier molecular flexibility index (Phi) is 6.53. The average Bonchev–Trinajstić information content (AvgIpc) is 3.44. The number of thiol groups is 1. The van der Waals surface area contributed by atoms with Crippen LogP contribution in [-0.4, -0.2) is 41.1 Å². The highest BCUT2D eigenvalue weighted by molar-refractivity contribution is 7.80. The van der Waals surface area contributed by atoms with Crippen LogP contribution >= 0.6 is 12.6 Å². The van der Waals surface area contributed by atoms with Crippen LogP contribution in [-0.2, 0) is 19.4 Å². The van der Waals surface area contributed by atoms with Gasteiger partial charge in [-0.2, -0.15) is 22.9 Å². The van der Waals surface area contributed by atoms with E-state index in [-0.39, 0.29) is 0 Å². The van der Waals surface area contributed by atoms with Gasteiger partial charge in [-0.05, 0) is 34.1 Å². The summed E-state index contributed by atoms with van der Waals surface area (Å²) in [5, 5.41) is 19.2. The second kappa shape index (κ2) is 9.67. The van der Waals surface area contributed by atoms with Crippen molar-refractivity contribution < 1.29 is 0 Å². The predicted octanol–water partition coefficient (Wildman–Crippen LogP) is 3.99. The standard InChI is InChI=1S/C22H25N7S/c1-2-3-8-21-23-20(13-14-30)26-29(21)15-16-9-11-17(12-10-16)18-6-4-5-7-19(18)22-24-27-28-25-22/h4-7,9-12,30H,2-3,8,13-15H2,1H3,(H,24,25,27,28). The minimum absolute atomic E-state index is 0.592. The Morgan fingerprint density at radius 2 is 1.80 bits per heavy atom. The number of hydrogen-bond acceptors (Lipinski definition) is 6. The van der Waals surface area contributed by atoms with Gasteiger partial charge in [0.2, 0.25) is 5.82 Å². The molecule has 7 nitrogen and oxygen atoms in total. The number of aryl methyl sites for hydroxylation is 2. The molecule has 154 valence electrons. The maximum Gasteiger partial charge on any atom is 0.205 e. The van der Waals surface area contributed by atoms with Crippen molar-refractivity contribution in [3.05, 3.63) is 65.7 Å². The Morgan fingerprint density at radius 3 is 2.50 bits per heavy atom. The molecular weight excluding hydrogens is 394 g/mol. The minimum atomic E-state index is 0.592. The molecule has 4 rings (SSSR count). The fourth-order valence-electron chi connectivity index (χ4n) is 3.45. The molecule has 0 bridgehead atoms. The van der Waals surface area contributed by atoms with Crippen molar-refractivity contribution in [2.24, 2.45) is 0 Å². The van der Waals surface area contributed by atoms with Gasteiger partial charge in [0.25, 0.3) is 0 Å². The first-order valence-electron chi connectivity index (χ1n) is 10.2. The number of rotatable bonds is 9. The highest BCUT2D eigenvalue weighted by atomic mass is 32.1. The molecule has 0 spiro atoms. The Labute approximate surface area is 181 Å². The summed E-state index contributed by atoms with van der Waals surface area (Å²) in [5.74, 6) is 3.28. The second-order valence-corrected chi connectivity index (χ2v) is 7.60. The zero-order valence-corrected chi connectivity index (χ0v) is 17.9. The summed E-state index contributed by atoms with van der Waals surface area (Å²) in [6.07, 6.45) is 4.00. The molecule has 0 saturated heterocycles. The molecule has 0 aliphatic heterocycles. The maximum absolute atomic E-state index is 4.72. The number of aromatic nitrogens is 7. The van der Waals surface area contributed by atoms with E-state index in [0.717, 1.165) is 59.8 Å². The van der Waals surface area contributed by atoms with Gasteiger partial charge < -0.3 is 0 Å². The van der Waals surface area contributed by atoms with Gasteiger partial charge in [0, 0.05) is 18.4 Å². The third kappa shape index (κ3) is 4.59. The molecule has 0 saturated carbocycles. The van der Waals surface area contributed by atoms with E-state index >= 15 is 0 Å². The molecule has 0 aliphatic rings. The van der Waals surface area contributed by atoms with E-state index in [1.807, 2.05) is 22.9 Å². The Morgan fingerprint density at radius 1 is 1.00 bits per heavy atom. The molecule has 30 heavy (non-hydrogen) atoms. The fourth-order valence-corrected chi connectivity index (χ4v) is 3.65. The number of unbranched alkanes of at least 4 members (excludes halogenated alkanes) is 1. The lowest BCUT2D eigenvalue weighted by atomic mass is 9.98. The summed E-state index contributed by atoms with van der Waals surface area (Å²) in [7, 11) is 0. The van der Waals surface area contributed by atoms with Crippen LogP contribution in [0.5, 0.6) is 0 Å². The van der Waals surface area contributed by atoms with Gasteiger partial charge in [0.15, 0.2) is 5.82 Å². The van der Waals surface area contributed by atoms with Gasteiger partial charge in [-0.3, -0.25) is 0 Å². The van der Waals surface area contributed by atoms with Crippen molar-refractivity contribution >= 4 is 12.6 Å². The van der Waals surface area contributed by atoms with E-state index < -0.39 is 0 Å². The molecule has 0 atom stereocenters. The third-order valence-electron chi connectivity index (χ3n) is 4.99. The quantitative estimate of drug-likeness (QED) is 0.401. The third-order valence-corrected chi connectivity index (χ3v) is 5.22. The molecule has 0 amide bonds. The highest BCUT2D eigenvalue weighted by Crippen LogP contribution is 2.29. The van der Waals surface area contributed by atoms with Crippen molar-refractivity contribution in [3.8, 4) is 22.5 Å². The van der Waals surface area contributed by atoms with E-state index in [1.54, 1.807) is 0 Å². The molecule has 1 N–H and O–H groups in total. The van der Waals surface area contributed by atoms with Crippen molar-refractivity contribution in [3.63, 3.8) is 0 Å². The van der Waals surface area contributed by atoms with Crippen LogP contribution in [0.4, 0.5) is 0 Å². The van der Waals surface area contributed by atoms with Crippen LogP contribution < -0.4 is 0 Å². The summed E-state index contributed by atoms with van der Waals surface area (Å²) in [4.78, 5) is 4.72. The lowest BCUT2D eigenvalue weighted by Gasteiger charge is -2.09. The van der Waals surface area contributed by atoms with Crippen molar-refractivity contribution in [2.75, 3.05) is 5.75 Å². The van der Waals surface area contributed by atoms with Crippen molar-refractivity contribution in [2.45, 2.75) is 39.2 Å². The normalized spacial score (nSPS) is 11.1. The van der Waals surface area contributed by atoms with Gasteiger partial charge in [-0.15, -0.1) is 10.2 Å². The summed E-state index contributed by atoms with van der Waals surface area (Å²) < 4.78 is 2.04. The summed E-state index contributed by atoms with van der Waals surface area (Å²) in [6, 6.07) is 16.6. The van der Waals surface area contributed by atoms with E-state index in [0.29, 0.717) is 12.4 Å². The predicted molar refractivity (Wildman–Crippen MR) is 120 cm³/mol. The van der Waals surface area contributed by atoms with Crippen molar-refractivity contribution in [1.29, 1.82) is 0 Å². The van der Waals surface area contributed by atoms with Crippen LogP contribution in [0.25, 0.3) is 22.5 Å². The minimum Gasteiger partial charge on any atom is -0.245 e. The molecule has 0 radical (unpaired) electrons. The first kappa shape index (κ1) is 20.3. The fraction of sp³-hybridized carbons (Fsp3) is 0.318. The van der Waals surface area contributed by atoms with Crippen LogP contribution in [0.3, 0.4) is 0 Å². The lowest BCUT2D eigenvalue weighted by molar-refractivity contribution is 0.615. The Bertz CT molecular complexity index is 1070. The number of benzene rings is 2. The monoisotopic (exact) mass is 419 g/mol. The smallest absolute Gasteiger partial charge is 0.205 e. The van der Waals surface area contributed by atoms with E-state index in [4.69, 9.17) is 10.1 Å². The second-order valence-electron chi connectivity index (χ2n) is 7.16. The number of tetrazole rings is 1. The SMILES string of the molecule is CCCCc1nc(CCS)nn1Cc1ccc(-c2ccccc2-c2nn[nH]n2)cc1. The first-order chi connectivity index (χ1) is 14.8. The summed E-state index contributed by atoms with van der Waals surface area (Å²) >= 11 is 4.32. The summed E-state index contributed by atoms with van der Waals surface area (Å²) in [6.45, 7) is 2.91. The molecule has 8 heteroatoms. The molecule has 0 aliphatic carbocycles. The lowest BCUT2D eigenvalue weighted by Crippen LogP contribution is -2.07. The van der Waals surface area contributed by atoms with Crippen LogP contribution in [0.1, 0.15) is 37.0 Å². The van der Waals surface area contributed by atoms with Gasteiger partial charge in [0.1, 0.15) is 5.82 Å². The number of nitrogens with one attached hydrogen (secondary N) is 1. The Hall–Kier alpha value is -3.00. The summed E-state index contributed by atoms with van der Waals surface area (Å²) in [5.41, 5.74) is 4.33. The molecule has 2 aromatic carbocycles. The van der Waals surface area contributed by atoms with Crippen LogP contribution in [0.2, 0.25) is 0 Å². The first-order valence-corrected chi connectivity index (χ1v) is 10.9. The van der Waals surface area contributed by atoms with E-state index in [2.05, 4.69) is 70.5 Å². The van der Waals surface area contributed by atoms with Crippen molar-refractivity contribution in [1.82, 2.24) is 35.4 Å². The molecular formula is C22H25N7S. The molecule has 0 fully saturated rings. The Balaban J connectivity index is 1.57. The largest absolute Gasteiger partial charge is 0.245 e. The zero-order chi connectivity index (χ0) is 20.8. The van der Waals surface area contributed by atoms with Crippen LogP contribution in [0, 0.1) is 0 Å². The molecule has 0 unspecified atom stereocenters. The van der Waals surface area contributed by atoms with Gasteiger partial charge >= 0.3 is 0 Å². The molecule has 2 aromatic heterocycles. The van der Waals surface area contributed by atoms with Gasteiger partial charge in [-0.25, -0.2) is 9.67 Å². The van der Waals surface area contributed by atoms with Crippen LogP contribution in [0.15, 0.2) is 48.5 Å². The average molecular weight is 420 g/mol.